The Kier molecular flexibility index (Phi) is 5.65. The SMILES string of the molecule is CCc1c(CCl)nnn1CCCCOC. The first kappa shape index (κ1) is 12.5. The fraction of sp³-hybridized carbons (Fsp3) is 0.800. The Morgan fingerprint density at radius 2 is 2.20 bits per heavy atom. The normalized spacial score (nSPS) is 10.9. The average molecular weight is 232 g/mol. The molecule has 1 aromatic rings. The summed E-state index contributed by atoms with van der Waals surface area (Å²) in [6, 6.07) is 0. The molecule has 4 nitrogen and oxygen atoms in total. The van der Waals surface area contributed by atoms with Gasteiger partial charge in [0.25, 0.3) is 0 Å². The van der Waals surface area contributed by atoms with Crippen molar-refractivity contribution < 1.29 is 4.74 Å². The van der Waals surface area contributed by atoms with E-state index < -0.39 is 0 Å². The molecule has 15 heavy (non-hydrogen) atoms. The van der Waals surface area contributed by atoms with Crippen LogP contribution in [0.3, 0.4) is 0 Å². The summed E-state index contributed by atoms with van der Waals surface area (Å²) in [5.74, 6) is 0.446. The number of methoxy groups -OCH3 is 1. The van der Waals surface area contributed by atoms with E-state index in [2.05, 4.69) is 17.2 Å². The van der Waals surface area contributed by atoms with Crippen molar-refractivity contribution >= 4 is 11.6 Å². The zero-order valence-corrected chi connectivity index (χ0v) is 10.1. The van der Waals surface area contributed by atoms with E-state index in [1.807, 2.05) is 4.68 Å². The molecule has 0 aliphatic heterocycles. The highest BCUT2D eigenvalue weighted by atomic mass is 35.5. The Balaban J connectivity index is 2.49. The molecule has 0 atom stereocenters. The molecule has 1 aromatic heterocycles. The minimum atomic E-state index is 0.446. The van der Waals surface area contributed by atoms with Gasteiger partial charge in [-0.2, -0.15) is 0 Å². The smallest absolute Gasteiger partial charge is 0.101 e. The van der Waals surface area contributed by atoms with Gasteiger partial charge in [-0.1, -0.05) is 12.1 Å². The van der Waals surface area contributed by atoms with E-state index in [9.17, 15) is 0 Å². The minimum absolute atomic E-state index is 0.446. The van der Waals surface area contributed by atoms with Crippen molar-refractivity contribution in [1.82, 2.24) is 15.0 Å². The number of hydrogen-bond donors (Lipinski definition) is 0. The number of halogens is 1. The summed E-state index contributed by atoms with van der Waals surface area (Å²) >= 11 is 5.77. The second kappa shape index (κ2) is 6.80. The van der Waals surface area contributed by atoms with Gasteiger partial charge in [-0.15, -0.1) is 16.7 Å². The summed E-state index contributed by atoms with van der Waals surface area (Å²) in [5, 5.41) is 8.15. The number of alkyl halides is 1. The van der Waals surface area contributed by atoms with Crippen molar-refractivity contribution in [2.45, 2.75) is 38.6 Å². The van der Waals surface area contributed by atoms with Crippen LogP contribution < -0.4 is 0 Å². The first-order valence-corrected chi connectivity index (χ1v) is 5.83. The molecule has 86 valence electrons. The van der Waals surface area contributed by atoms with Gasteiger partial charge in [-0.3, -0.25) is 0 Å². The lowest BCUT2D eigenvalue weighted by molar-refractivity contribution is 0.190. The van der Waals surface area contributed by atoms with Gasteiger partial charge < -0.3 is 4.74 Å². The van der Waals surface area contributed by atoms with E-state index in [1.54, 1.807) is 7.11 Å². The third kappa shape index (κ3) is 3.47. The lowest BCUT2D eigenvalue weighted by Gasteiger charge is -2.04. The van der Waals surface area contributed by atoms with Gasteiger partial charge in [0.05, 0.1) is 11.6 Å². The standard InChI is InChI=1S/C10H18ClN3O/c1-3-10-9(8-11)12-13-14(10)6-4-5-7-15-2/h3-8H2,1-2H3. The van der Waals surface area contributed by atoms with E-state index in [1.165, 1.54) is 0 Å². The van der Waals surface area contributed by atoms with Crippen LogP contribution in [0, 0.1) is 0 Å². The minimum Gasteiger partial charge on any atom is -0.385 e. The van der Waals surface area contributed by atoms with Crippen LogP contribution in [-0.4, -0.2) is 28.7 Å². The predicted molar refractivity (Wildman–Crippen MR) is 60.1 cm³/mol. The summed E-state index contributed by atoms with van der Waals surface area (Å²) < 4.78 is 6.95. The van der Waals surface area contributed by atoms with Gasteiger partial charge in [0, 0.05) is 20.3 Å². The van der Waals surface area contributed by atoms with E-state index in [0.29, 0.717) is 5.88 Å². The van der Waals surface area contributed by atoms with Crippen molar-refractivity contribution in [1.29, 1.82) is 0 Å². The quantitative estimate of drug-likeness (QED) is 0.532. The number of unbranched alkanes of at least 4 members (excludes halogenated alkanes) is 1. The second-order valence-electron chi connectivity index (χ2n) is 3.39. The van der Waals surface area contributed by atoms with Crippen LogP contribution in [0.25, 0.3) is 0 Å². The van der Waals surface area contributed by atoms with E-state index in [0.717, 1.165) is 43.8 Å². The lowest BCUT2D eigenvalue weighted by Crippen LogP contribution is -2.06. The molecule has 0 aliphatic rings. The highest BCUT2D eigenvalue weighted by Crippen LogP contribution is 2.10. The van der Waals surface area contributed by atoms with E-state index in [4.69, 9.17) is 16.3 Å². The first-order chi connectivity index (χ1) is 7.33. The number of aromatic nitrogens is 3. The number of hydrogen-bond acceptors (Lipinski definition) is 3. The molecule has 0 saturated carbocycles. The monoisotopic (exact) mass is 231 g/mol. The fourth-order valence-electron chi connectivity index (χ4n) is 1.55. The maximum atomic E-state index is 5.77. The van der Waals surface area contributed by atoms with E-state index >= 15 is 0 Å². The summed E-state index contributed by atoms with van der Waals surface area (Å²) in [5.41, 5.74) is 2.06. The molecule has 0 radical (unpaired) electrons. The summed E-state index contributed by atoms with van der Waals surface area (Å²) in [6.45, 7) is 3.80. The Morgan fingerprint density at radius 1 is 1.40 bits per heavy atom. The molecule has 0 spiro atoms. The van der Waals surface area contributed by atoms with Crippen LogP contribution in [0.5, 0.6) is 0 Å². The van der Waals surface area contributed by atoms with Crippen molar-refractivity contribution in [2.75, 3.05) is 13.7 Å². The third-order valence-electron chi connectivity index (χ3n) is 2.35. The van der Waals surface area contributed by atoms with Crippen molar-refractivity contribution in [3.63, 3.8) is 0 Å². The maximum Gasteiger partial charge on any atom is 0.101 e. The molecule has 0 fully saturated rings. The molecule has 1 heterocycles. The van der Waals surface area contributed by atoms with Gasteiger partial charge >= 0.3 is 0 Å². The average Bonchev–Trinajstić information content (AvgIpc) is 2.66. The van der Waals surface area contributed by atoms with Crippen LogP contribution in [-0.2, 0) is 23.6 Å². The third-order valence-corrected chi connectivity index (χ3v) is 2.60. The van der Waals surface area contributed by atoms with Gasteiger partial charge in [0.1, 0.15) is 5.69 Å². The zero-order chi connectivity index (χ0) is 11.1. The number of nitrogens with zero attached hydrogens (tertiary/aromatic N) is 3. The van der Waals surface area contributed by atoms with Crippen LogP contribution in [0.15, 0.2) is 0 Å². The number of rotatable bonds is 7. The highest BCUT2D eigenvalue weighted by Gasteiger charge is 2.09. The van der Waals surface area contributed by atoms with Crippen LogP contribution >= 0.6 is 11.6 Å². The molecule has 5 heteroatoms. The van der Waals surface area contributed by atoms with E-state index in [-0.39, 0.29) is 0 Å². The fourth-order valence-corrected chi connectivity index (χ4v) is 1.75. The molecule has 0 unspecified atom stereocenters. The van der Waals surface area contributed by atoms with Crippen LogP contribution in [0.1, 0.15) is 31.2 Å². The molecule has 0 aromatic carbocycles. The van der Waals surface area contributed by atoms with Crippen LogP contribution in [0.4, 0.5) is 0 Å². The van der Waals surface area contributed by atoms with Crippen molar-refractivity contribution in [3.8, 4) is 0 Å². The molecule has 0 aliphatic carbocycles. The number of ether oxygens (including phenoxy) is 1. The predicted octanol–water partition coefficient (Wildman–Crippen LogP) is 2.01. The van der Waals surface area contributed by atoms with Gasteiger partial charge in [0.2, 0.25) is 0 Å². The van der Waals surface area contributed by atoms with Crippen LogP contribution in [0.2, 0.25) is 0 Å². The van der Waals surface area contributed by atoms with Crippen molar-refractivity contribution in [2.24, 2.45) is 0 Å². The summed E-state index contributed by atoms with van der Waals surface area (Å²) in [7, 11) is 1.72. The molecular formula is C10H18ClN3O. The Hall–Kier alpha value is -0.610. The molecule has 1 rings (SSSR count). The number of aryl methyl sites for hydroxylation is 1. The van der Waals surface area contributed by atoms with Gasteiger partial charge in [-0.25, -0.2) is 4.68 Å². The topological polar surface area (TPSA) is 39.9 Å². The first-order valence-electron chi connectivity index (χ1n) is 5.29. The molecule has 0 saturated heterocycles. The second-order valence-corrected chi connectivity index (χ2v) is 3.66. The van der Waals surface area contributed by atoms with Gasteiger partial charge in [-0.05, 0) is 19.3 Å². The Morgan fingerprint density at radius 3 is 2.80 bits per heavy atom. The summed E-state index contributed by atoms with van der Waals surface area (Å²) in [6.07, 6.45) is 3.04. The maximum absolute atomic E-state index is 5.77. The molecular weight excluding hydrogens is 214 g/mol. The highest BCUT2D eigenvalue weighted by molar-refractivity contribution is 6.16. The molecule has 0 amide bonds. The zero-order valence-electron chi connectivity index (χ0n) is 9.37. The summed E-state index contributed by atoms with van der Waals surface area (Å²) in [4.78, 5) is 0. The van der Waals surface area contributed by atoms with Crippen molar-refractivity contribution in [3.05, 3.63) is 11.4 Å². The largest absolute Gasteiger partial charge is 0.385 e. The van der Waals surface area contributed by atoms with Gasteiger partial charge in [0.15, 0.2) is 0 Å². The lowest BCUT2D eigenvalue weighted by atomic mass is 10.2. The molecule has 0 N–H and O–H groups in total. The Labute approximate surface area is 95.6 Å². The Bertz CT molecular complexity index is 288. The molecule has 0 bridgehead atoms.